The number of nitrogens with one attached hydrogen (secondary N) is 1. The van der Waals surface area contributed by atoms with E-state index in [1.54, 1.807) is 0 Å². The van der Waals surface area contributed by atoms with Crippen molar-refractivity contribution < 1.29 is 40.2 Å². The third-order valence-electron chi connectivity index (χ3n) is 12.5. The molecular formula is C33H49NO8. The molecular weight excluding hydrogens is 538 g/mol. The molecule has 1 aromatic carbocycles. The number of hydrogen-bond acceptors (Lipinski definition) is 7. The Balaban J connectivity index is 1.23. The van der Waals surface area contributed by atoms with Gasteiger partial charge in [-0.25, -0.2) is 4.79 Å². The number of aliphatic hydroxyl groups is 3. The lowest BCUT2D eigenvalue weighted by atomic mass is 9.43. The number of aliphatic carboxylic acids is 1. The summed E-state index contributed by atoms with van der Waals surface area (Å²) in [6.45, 7) is 6.63. The molecule has 0 aliphatic heterocycles. The average molecular weight is 588 g/mol. The number of aromatic hydroxyl groups is 2. The van der Waals surface area contributed by atoms with Gasteiger partial charge in [-0.1, -0.05) is 26.8 Å². The van der Waals surface area contributed by atoms with E-state index in [1.807, 2.05) is 0 Å². The van der Waals surface area contributed by atoms with Gasteiger partial charge in [-0.15, -0.1) is 0 Å². The summed E-state index contributed by atoms with van der Waals surface area (Å²) in [6, 6.07) is 2.92. The minimum atomic E-state index is -1.18. The zero-order chi connectivity index (χ0) is 30.6. The number of rotatable bonds is 8. The largest absolute Gasteiger partial charge is 0.504 e. The molecule has 12 unspecified atom stereocenters. The molecule has 4 fully saturated rings. The first-order valence-electron chi connectivity index (χ1n) is 15.8. The molecule has 0 spiro atoms. The van der Waals surface area contributed by atoms with E-state index in [4.69, 9.17) is 0 Å². The van der Waals surface area contributed by atoms with Crippen LogP contribution in [0.25, 0.3) is 0 Å². The van der Waals surface area contributed by atoms with Crippen molar-refractivity contribution >= 4 is 11.9 Å². The Labute approximate surface area is 248 Å². The van der Waals surface area contributed by atoms with Gasteiger partial charge in [0.15, 0.2) is 11.5 Å². The van der Waals surface area contributed by atoms with Crippen molar-refractivity contribution in [1.29, 1.82) is 0 Å². The van der Waals surface area contributed by atoms with Gasteiger partial charge in [0.25, 0.3) is 0 Å². The standard InChI is InChI=1S/C33H49NO8/c1-17(4-9-29(40)34-24(31(41)42)12-18-5-8-25(36)26(37)13-18)21-6-7-22-30-23(16-28(39)33(21,22)3)32(2)11-10-20(35)14-19(32)15-27(30)38/h5,8,13,17,19-24,27-28,30,35-39H,4,6-7,9-12,14-16H2,1-3H3,(H,34,40)(H,41,42). The number of amides is 1. The molecule has 7 N–H and O–H groups in total. The smallest absolute Gasteiger partial charge is 0.326 e. The summed E-state index contributed by atoms with van der Waals surface area (Å²) < 4.78 is 0. The highest BCUT2D eigenvalue weighted by Crippen LogP contribution is 2.68. The molecule has 12 atom stereocenters. The molecule has 5 rings (SSSR count). The van der Waals surface area contributed by atoms with Crippen LogP contribution in [0.1, 0.15) is 84.1 Å². The monoisotopic (exact) mass is 587 g/mol. The van der Waals surface area contributed by atoms with Crippen LogP contribution < -0.4 is 5.32 Å². The molecule has 42 heavy (non-hydrogen) atoms. The van der Waals surface area contributed by atoms with Gasteiger partial charge in [-0.05, 0) is 115 Å². The number of hydrogen-bond donors (Lipinski definition) is 7. The zero-order valence-corrected chi connectivity index (χ0v) is 25.1. The molecule has 9 nitrogen and oxygen atoms in total. The zero-order valence-electron chi connectivity index (χ0n) is 25.1. The lowest BCUT2D eigenvalue weighted by Gasteiger charge is -2.63. The molecule has 4 aliphatic rings. The van der Waals surface area contributed by atoms with Crippen LogP contribution in [0, 0.1) is 46.3 Å². The van der Waals surface area contributed by atoms with Gasteiger partial charge < -0.3 is 36.0 Å². The average Bonchev–Trinajstić information content (AvgIpc) is 3.29. The van der Waals surface area contributed by atoms with Gasteiger partial charge in [0.05, 0.1) is 18.3 Å². The predicted octanol–water partition coefficient (Wildman–Crippen LogP) is 3.59. The van der Waals surface area contributed by atoms with E-state index >= 15 is 0 Å². The molecule has 234 valence electrons. The van der Waals surface area contributed by atoms with Gasteiger partial charge in [-0.3, -0.25) is 4.79 Å². The van der Waals surface area contributed by atoms with Crippen LogP contribution in [-0.2, 0) is 16.0 Å². The minimum absolute atomic E-state index is 0.0206. The van der Waals surface area contributed by atoms with E-state index in [1.165, 1.54) is 18.2 Å². The van der Waals surface area contributed by atoms with Crippen molar-refractivity contribution in [2.24, 2.45) is 46.3 Å². The fraction of sp³-hybridized carbons (Fsp3) is 0.758. The third kappa shape index (κ3) is 5.41. The molecule has 0 aromatic heterocycles. The number of carbonyl (C=O) groups excluding carboxylic acids is 1. The molecule has 0 radical (unpaired) electrons. The van der Waals surface area contributed by atoms with Crippen molar-refractivity contribution in [3.05, 3.63) is 23.8 Å². The van der Waals surface area contributed by atoms with Crippen molar-refractivity contribution in [3.63, 3.8) is 0 Å². The van der Waals surface area contributed by atoms with Crippen LogP contribution in [0.5, 0.6) is 11.5 Å². The van der Waals surface area contributed by atoms with E-state index in [-0.39, 0.29) is 82.7 Å². The lowest BCUT2D eigenvalue weighted by Crippen LogP contribution is -2.62. The Hall–Kier alpha value is -2.36. The summed E-state index contributed by atoms with van der Waals surface area (Å²) in [5.41, 5.74) is 0.141. The van der Waals surface area contributed by atoms with Crippen molar-refractivity contribution in [2.45, 2.75) is 109 Å². The van der Waals surface area contributed by atoms with E-state index in [2.05, 4.69) is 26.1 Å². The third-order valence-corrected chi connectivity index (χ3v) is 12.5. The van der Waals surface area contributed by atoms with Crippen molar-refractivity contribution in [1.82, 2.24) is 5.32 Å². The minimum Gasteiger partial charge on any atom is -0.504 e. The Morgan fingerprint density at radius 3 is 2.43 bits per heavy atom. The van der Waals surface area contributed by atoms with Crippen molar-refractivity contribution in [3.8, 4) is 11.5 Å². The topological polar surface area (TPSA) is 168 Å². The summed E-state index contributed by atoms with van der Waals surface area (Å²) in [5, 5.41) is 65.1. The van der Waals surface area contributed by atoms with Gasteiger partial charge in [-0.2, -0.15) is 0 Å². The Morgan fingerprint density at radius 2 is 1.74 bits per heavy atom. The summed E-state index contributed by atoms with van der Waals surface area (Å²) in [5.74, 6) is -1.02. The van der Waals surface area contributed by atoms with Gasteiger partial charge >= 0.3 is 5.97 Å². The number of benzene rings is 1. The SMILES string of the molecule is CC(CCC(=O)NC(Cc1ccc(O)c(O)c1)C(=O)O)C1CCC2C3C(O)CC4CC(O)CCC4(C)C3CC(O)C12C. The Kier molecular flexibility index (Phi) is 8.60. The lowest BCUT2D eigenvalue weighted by molar-refractivity contribution is -0.207. The predicted molar refractivity (Wildman–Crippen MR) is 155 cm³/mol. The van der Waals surface area contributed by atoms with Crippen LogP contribution in [0.15, 0.2) is 18.2 Å². The number of aliphatic hydroxyl groups excluding tert-OH is 3. The number of fused-ring (bicyclic) bond motifs is 5. The van der Waals surface area contributed by atoms with Crippen LogP contribution in [0.3, 0.4) is 0 Å². The second-order valence-electron chi connectivity index (χ2n) is 14.5. The van der Waals surface area contributed by atoms with E-state index in [0.29, 0.717) is 24.8 Å². The normalized spacial score (nSPS) is 40.7. The van der Waals surface area contributed by atoms with Gasteiger partial charge in [0, 0.05) is 12.8 Å². The number of phenols is 2. The fourth-order valence-corrected chi connectivity index (χ4v) is 10.1. The van der Waals surface area contributed by atoms with Gasteiger partial charge in [0.1, 0.15) is 6.04 Å². The summed E-state index contributed by atoms with van der Waals surface area (Å²) >= 11 is 0. The van der Waals surface area contributed by atoms with Crippen LogP contribution in [-0.4, -0.2) is 66.9 Å². The summed E-state index contributed by atoms with van der Waals surface area (Å²) in [4.78, 5) is 24.7. The van der Waals surface area contributed by atoms with E-state index < -0.39 is 24.2 Å². The first kappa shape index (κ1) is 31.1. The summed E-state index contributed by atoms with van der Waals surface area (Å²) in [7, 11) is 0. The van der Waals surface area contributed by atoms with Crippen LogP contribution >= 0.6 is 0 Å². The Bertz CT molecular complexity index is 1170. The van der Waals surface area contributed by atoms with Crippen LogP contribution in [0.4, 0.5) is 0 Å². The molecule has 1 aromatic rings. The molecule has 9 heteroatoms. The molecule has 1 amide bonds. The maximum absolute atomic E-state index is 12.9. The molecule has 0 bridgehead atoms. The maximum Gasteiger partial charge on any atom is 0.326 e. The quantitative estimate of drug-likeness (QED) is 0.227. The molecule has 0 heterocycles. The highest BCUT2D eigenvalue weighted by molar-refractivity contribution is 5.83. The molecule has 4 aliphatic carbocycles. The van der Waals surface area contributed by atoms with Gasteiger partial charge in [0.2, 0.25) is 5.91 Å². The van der Waals surface area contributed by atoms with E-state index in [9.17, 15) is 40.2 Å². The van der Waals surface area contributed by atoms with Crippen molar-refractivity contribution in [2.75, 3.05) is 0 Å². The first-order valence-corrected chi connectivity index (χ1v) is 15.8. The number of carbonyl (C=O) groups is 2. The highest BCUT2D eigenvalue weighted by atomic mass is 16.4. The second-order valence-corrected chi connectivity index (χ2v) is 14.5. The Morgan fingerprint density at radius 1 is 1.00 bits per heavy atom. The highest BCUT2D eigenvalue weighted by Gasteiger charge is 2.65. The van der Waals surface area contributed by atoms with Crippen LogP contribution in [0.2, 0.25) is 0 Å². The molecule has 0 saturated heterocycles. The molecule has 4 saturated carbocycles. The number of carboxylic acids is 1. The maximum atomic E-state index is 12.9. The number of phenolic OH excluding ortho intramolecular Hbond substituents is 2. The summed E-state index contributed by atoms with van der Waals surface area (Å²) in [6.07, 6.45) is 5.16. The first-order chi connectivity index (χ1) is 19.7. The number of carboxylic acid groups (broad SMARTS) is 1. The second kappa shape index (κ2) is 11.6. The fourth-order valence-electron chi connectivity index (χ4n) is 10.1. The van der Waals surface area contributed by atoms with E-state index in [0.717, 1.165) is 32.1 Å².